The Balaban J connectivity index is 2.15. The molecule has 1 N–H and O–H groups in total. The Hall–Kier alpha value is -1.88. The first-order valence-corrected chi connectivity index (χ1v) is 7.84. The molecule has 0 radical (unpaired) electrons. The number of anilines is 1. The van der Waals surface area contributed by atoms with E-state index in [9.17, 15) is 0 Å². The maximum atomic E-state index is 5.64. The Kier molecular flexibility index (Phi) is 5.95. The molecule has 0 saturated heterocycles. The van der Waals surface area contributed by atoms with Crippen molar-refractivity contribution < 1.29 is 14.2 Å². The van der Waals surface area contributed by atoms with Crippen molar-refractivity contribution in [2.45, 2.75) is 13.5 Å². The van der Waals surface area contributed by atoms with E-state index in [2.05, 4.69) is 21.2 Å². The molecule has 0 aromatic heterocycles. The van der Waals surface area contributed by atoms with Gasteiger partial charge >= 0.3 is 0 Å². The molecule has 2 aromatic rings. The molecule has 0 heterocycles. The van der Waals surface area contributed by atoms with E-state index >= 15 is 0 Å². The van der Waals surface area contributed by atoms with E-state index in [4.69, 9.17) is 14.2 Å². The van der Waals surface area contributed by atoms with Crippen molar-refractivity contribution in [3.8, 4) is 17.2 Å². The van der Waals surface area contributed by atoms with Crippen LogP contribution in [0.3, 0.4) is 0 Å². The Morgan fingerprint density at radius 1 is 1.09 bits per heavy atom. The molecule has 5 heteroatoms. The van der Waals surface area contributed by atoms with Gasteiger partial charge in [0.15, 0.2) is 11.5 Å². The molecule has 0 bridgehead atoms. The lowest BCUT2D eigenvalue weighted by molar-refractivity contribution is 0.309. The smallest absolute Gasteiger partial charge is 0.174 e. The third-order valence-corrected chi connectivity index (χ3v) is 3.73. The van der Waals surface area contributed by atoms with Crippen LogP contribution in [0, 0.1) is 0 Å². The van der Waals surface area contributed by atoms with Crippen molar-refractivity contribution in [1.29, 1.82) is 0 Å². The van der Waals surface area contributed by atoms with E-state index in [1.54, 1.807) is 14.2 Å². The molecule has 0 aliphatic carbocycles. The average Bonchev–Trinajstić information content (AvgIpc) is 2.53. The van der Waals surface area contributed by atoms with Gasteiger partial charge in [-0.2, -0.15) is 0 Å². The van der Waals surface area contributed by atoms with Crippen molar-refractivity contribution in [3.05, 3.63) is 46.4 Å². The number of hydrogen-bond acceptors (Lipinski definition) is 4. The minimum atomic E-state index is 0.593. The SMILES string of the molecule is CCOc1cc(CNc2cccc(OC)c2)cc(Br)c1OC. The van der Waals surface area contributed by atoms with E-state index in [-0.39, 0.29) is 0 Å². The number of methoxy groups -OCH3 is 2. The molecule has 0 unspecified atom stereocenters. The van der Waals surface area contributed by atoms with Gasteiger partial charge < -0.3 is 19.5 Å². The summed E-state index contributed by atoms with van der Waals surface area (Å²) >= 11 is 3.52. The minimum absolute atomic E-state index is 0.593. The van der Waals surface area contributed by atoms with Gasteiger partial charge in [-0.15, -0.1) is 0 Å². The average molecular weight is 366 g/mol. The largest absolute Gasteiger partial charge is 0.497 e. The summed E-state index contributed by atoms with van der Waals surface area (Å²) in [4.78, 5) is 0. The van der Waals surface area contributed by atoms with Crippen LogP contribution in [-0.2, 0) is 6.54 Å². The topological polar surface area (TPSA) is 39.7 Å². The van der Waals surface area contributed by atoms with Crippen LogP contribution in [0.15, 0.2) is 40.9 Å². The maximum absolute atomic E-state index is 5.64. The summed E-state index contributed by atoms with van der Waals surface area (Å²) < 4.78 is 17.1. The zero-order valence-electron chi connectivity index (χ0n) is 13.0. The molecule has 2 aromatic carbocycles. The quantitative estimate of drug-likeness (QED) is 0.785. The van der Waals surface area contributed by atoms with Crippen LogP contribution >= 0.6 is 15.9 Å². The standard InChI is InChI=1S/C17H20BrNO3/c1-4-22-16-9-12(8-15(18)17(16)21-3)11-19-13-6-5-7-14(10-13)20-2/h5-10,19H,4,11H2,1-3H3. The van der Waals surface area contributed by atoms with Crippen LogP contribution in [0.2, 0.25) is 0 Å². The number of nitrogens with one attached hydrogen (secondary N) is 1. The monoisotopic (exact) mass is 365 g/mol. The minimum Gasteiger partial charge on any atom is -0.497 e. The van der Waals surface area contributed by atoms with Crippen molar-refractivity contribution >= 4 is 21.6 Å². The van der Waals surface area contributed by atoms with Gasteiger partial charge in [-0.25, -0.2) is 0 Å². The summed E-state index contributed by atoms with van der Waals surface area (Å²) in [6.07, 6.45) is 0. The summed E-state index contributed by atoms with van der Waals surface area (Å²) in [5.74, 6) is 2.28. The zero-order chi connectivity index (χ0) is 15.9. The molecule has 0 spiro atoms. The lowest BCUT2D eigenvalue weighted by Crippen LogP contribution is -2.02. The summed E-state index contributed by atoms with van der Waals surface area (Å²) in [6, 6.07) is 11.8. The highest BCUT2D eigenvalue weighted by Crippen LogP contribution is 2.36. The molecule has 0 aliphatic heterocycles. The second-order valence-electron chi connectivity index (χ2n) is 4.63. The summed E-state index contributed by atoms with van der Waals surface area (Å²) in [6.45, 7) is 3.22. The molecule has 2 rings (SSSR count). The molecular weight excluding hydrogens is 346 g/mol. The number of halogens is 1. The van der Waals surface area contributed by atoms with Gasteiger partial charge in [0.1, 0.15) is 5.75 Å². The predicted molar refractivity (Wildman–Crippen MR) is 92.2 cm³/mol. The van der Waals surface area contributed by atoms with Gasteiger partial charge in [0.05, 0.1) is 25.3 Å². The van der Waals surface area contributed by atoms with Crippen LogP contribution < -0.4 is 19.5 Å². The Bertz CT molecular complexity index is 631. The molecule has 0 aliphatic rings. The first-order valence-electron chi connectivity index (χ1n) is 7.05. The third kappa shape index (κ3) is 4.07. The Morgan fingerprint density at radius 2 is 1.91 bits per heavy atom. The second kappa shape index (κ2) is 7.94. The van der Waals surface area contributed by atoms with Crippen LogP contribution in [0.5, 0.6) is 17.2 Å². The van der Waals surface area contributed by atoms with E-state index in [1.165, 1.54) is 0 Å². The van der Waals surface area contributed by atoms with Gasteiger partial charge in [0, 0.05) is 18.3 Å². The van der Waals surface area contributed by atoms with Crippen LogP contribution in [0.1, 0.15) is 12.5 Å². The van der Waals surface area contributed by atoms with Gasteiger partial charge in [0.2, 0.25) is 0 Å². The highest BCUT2D eigenvalue weighted by molar-refractivity contribution is 9.10. The fourth-order valence-electron chi connectivity index (χ4n) is 2.12. The number of benzene rings is 2. The fourth-order valence-corrected chi connectivity index (χ4v) is 2.77. The molecule has 4 nitrogen and oxygen atoms in total. The van der Waals surface area contributed by atoms with Crippen LogP contribution in [0.4, 0.5) is 5.69 Å². The summed E-state index contributed by atoms with van der Waals surface area (Å²) in [7, 11) is 3.30. The molecule has 0 atom stereocenters. The van der Waals surface area contributed by atoms with Crippen molar-refractivity contribution in [2.75, 3.05) is 26.1 Å². The zero-order valence-corrected chi connectivity index (χ0v) is 14.6. The van der Waals surface area contributed by atoms with Gasteiger partial charge in [-0.05, 0) is 52.7 Å². The fraction of sp³-hybridized carbons (Fsp3) is 0.294. The van der Waals surface area contributed by atoms with Crippen LogP contribution in [0.25, 0.3) is 0 Å². The normalized spacial score (nSPS) is 10.2. The maximum Gasteiger partial charge on any atom is 0.174 e. The van der Waals surface area contributed by atoms with Crippen molar-refractivity contribution in [3.63, 3.8) is 0 Å². The Labute approximate surface area is 139 Å². The van der Waals surface area contributed by atoms with Crippen molar-refractivity contribution in [2.24, 2.45) is 0 Å². The Morgan fingerprint density at radius 3 is 2.59 bits per heavy atom. The van der Waals surface area contributed by atoms with E-state index in [0.29, 0.717) is 18.9 Å². The predicted octanol–water partition coefficient (Wildman–Crippen LogP) is 4.48. The van der Waals surface area contributed by atoms with Crippen LogP contribution in [-0.4, -0.2) is 20.8 Å². The van der Waals surface area contributed by atoms with E-state index < -0.39 is 0 Å². The molecule has 22 heavy (non-hydrogen) atoms. The molecular formula is C17H20BrNO3. The molecule has 118 valence electrons. The second-order valence-corrected chi connectivity index (χ2v) is 5.48. The van der Waals surface area contributed by atoms with Gasteiger partial charge in [-0.3, -0.25) is 0 Å². The lowest BCUT2D eigenvalue weighted by atomic mass is 10.2. The van der Waals surface area contributed by atoms with Gasteiger partial charge in [-0.1, -0.05) is 6.07 Å². The number of ether oxygens (including phenoxy) is 3. The highest BCUT2D eigenvalue weighted by Gasteiger charge is 2.11. The summed E-state index contributed by atoms with van der Waals surface area (Å²) in [5, 5.41) is 3.37. The molecule has 0 amide bonds. The first-order chi connectivity index (χ1) is 10.7. The van der Waals surface area contributed by atoms with E-state index in [1.807, 2.05) is 43.3 Å². The summed E-state index contributed by atoms with van der Waals surface area (Å²) in [5.41, 5.74) is 2.10. The molecule has 0 saturated carbocycles. The van der Waals surface area contributed by atoms with E-state index in [0.717, 1.165) is 27.2 Å². The first kappa shape index (κ1) is 16.5. The van der Waals surface area contributed by atoms with Crippen molar-refractivity contribution in [1.82, 2.24) is 0 Å². The van der Waals surface area contributed by atoms with Gasteiger partial charge in [0.25, 0.3) is 0 Å². The highest BCUT2D eigenvalue weighted by atomic mass is 79.9. The third-order valence-electron chi connectivity index (χ3n) is 3.14. The lowest BCUT2D eigenvalue weighted by Gasteiger charge is -2.14. The number of rotatable bonds is 7. The molecule has 0 fully saturated rings. The number of hydrogen-bond donors (Lipinski definition) is 1.